The van der Waals surface area contributed by atoms with Crippen LogP contribution >= 0.6 is 0 Å². The van der Waals surface area contributed by atoms with Crippen LogP contribution in [0.3, 0.4) is 0 Å². The van der Waals surface area contributed by atoms with E-state index in [0.717, 1.165) is 6.07 Å². The lowest BCUT2D eigenvalue weighted by molar-refractivity contribution is 0.0946. The quantitative estimate of drug-likeness (QED) is 0.515. The van der Waals surface area contributed by atoms with Crippen LogP contribution in [0.2, 0.25) is 0 Å². The Bertz CT molecular complexity index is 1390. The molecule has 0 bridgehead atoms. The van der Waals surface area contributed by atoms with Gasteiger partial charge in [0, 0.05) is 36.6 Å². The highest BCUT2D eigenvalue weighted by molar-refractivity contribution is 6.03. The van der Waals surface area contributed by atoms with Crippen molar-refractivity contribution in [3.05, 3.63) is 82.0 Å². The van der Waals surface area contributed by atoms with Gasteiger partial charge in [0.1, 0.15) is 29.3 Å². The van der Waals surface area contributed by atoms with E-state index in [1.807, 2.05) is 6.92 Å². The van der Waals surface area contributed by atoms with Gasteiger partial charge in [-0.3, -0.25) is 14.2 Å². The van der Waals surface area contributed by atoms with Crippen molar-refractivity contribution >= 4 is 16.8 Å². The van der Waals surface area contributed by atoms with Gasteiger partial charge in [0.2, 0.25) is 0 Å². The van der Waals surface area contributed by atoms with E-state index < -0.39 is 23.0 Å². The van der Waals surface area contributed by atoms with Gasteiger partial charge < -0.3 is 15.0 Å². The molecule has 0 radical (unpaired) electrons. The second-order valence-electron chi connectivity index (χ2n) is 7.92. The fourth-order valence-corrected chi connectivity index (χ4v) is 4.23. The second-order valence-corrected chi connectivity index (χ2v) is 7.92. The lowest BCUT2D eigenvalue weighted by Crippen LogP contribution is -2.36. The Balaban J connectivity index is 1.47. The van der Waals surface area contributed by atoms with Gasteiger partial charge in [-0.05, 0) is 49.1 Å². The van der Waals surface area contributed by atoms with Crippen molar-refractivity contribution in [2.45, 2.75) is 32.4 Å². The summed E-state index contributed by atoms with van der Waals surface area (Å²) in [5.41, 5.74) is 0.891. The predicted octanol–water partition coefficient (Wildman–Crippen LogP) is 2.86. The molecule has 1 aromatic carbocycles. The minimum Gasteiger partial charge on any atom is -0.506 e. The molecule has 5 rings (SSSR count). The van der Waals surface area contributed by atoms with Crippen LogP contribution in [0.25, 0.3) is 16.7 Å². The fourth-order valence-electron chi connectivity index (χ4n) is 4.23. The van der Waals surface area contributed by atoms with Gasteiger partial charge in [-0.15, -0.1) is 0 Å². The molecule has 1 amide bonds. The topological polar surface area (TPSA) is 102 Å². The molecule has 0 spiro atoms. The monoisotopic (exact) mass is 433 g/mol. The molecule has 9 heteroatoms. The summed E-state index contributed by atoms with van der Waals surface area (Å²) in [4.78, 5) is 34.4. The molecule has 32 heavy (non-hydrogen) atoms. The predicted molar refractivity (Wildman–Crippen MR) is 115 cm³/mol. The molecular formula is C23H20FN5O3. The van der Waals surface area contributed by atoms with E-state index in [-0.39, 0.29) is 23.5 Å². The first-order valence-corrected chi connectivity index (χ1v) is 10.2. The summed E-state index contributed by atoms with van der Waals surface area (Å²) in [5, 5.41) is 13.6. The summed E-state index contributed by atoms with van der Waals surface area (Å²) in [7, 11) is 0. The maximum absolute atomic E-state index is 14.1. The third-order valence-corrected chi connectivity index (χ3v) is 5.85. The second kappa shape index (κ2) is 7.60. The molecular weight excluding hydrogens is 413 g/mol. The summed E-state index contributed by atoms with van der Waals surface area (Å²) in [6.45, 7) is 1.98. The average molecular weight is 433 g/mol. The SMILES string of the molecule is CC1CCc2cc(F)cc3c(O)c(C(=O)NCc4ccc(-n5ccnc5)nc4)c(=O)n1c23. The number of aromatic nitrogens is 4. The van der Waals surface area contributed by atoms with Crippen molar-refractivity contribution in [1.82, 2.24) is 24.4 Å². The highest BCUT2D eigenvalue weighted by Gasteiger charge is 2.28. The number of aromatic hydroxyl groups is 1. The Kier molecular flexibility index (Phi) is 4.73. The van der Waals surface area contributed by atoms with E-state index >= 15 is 0 Å². The highest BCUT2D eigenvalue weighted by Crippen LogP contribution is 2.35. The van der Waals surface area contributed by atoms with Crippen molar-refractivity contribution in [2.24, 2.45) is 0 Å². The maximum atomic E-state index is 14.1. The molecule has 1 aliphatic rings. The summed E-state index contributed by atoms with van der Waals surface area (Å²) in [5.74, 6) is -1.06. The summed E-state index contributed by atoms with van der Waals surface area (Å²) in [6, 6.07) is 5.95. The van der Waals surface area contributed by atoms with Gasteiger partial charge in [0.15, 0.2) is 0 Å². The highest BCUT2D eigenvalue weighted by atomic mass is 19.1. The van der Waals surface area contributed by atoms with Crippen molar-refractivity contribution in [2.75, 3.05) is 0 Å². The van der Waals surface area contributed by atoms with Gasteiger partial charge in [-0.2, -0.15) is 0 Å². The number of hydrogen-bond donors (Lipinski definition) is 2. The maximum Gasteiger partial charge on any atom is 0.267 e. The van der Waals surface area contributed by atoms with E-state index in [4.69, 9.17) is 0 Å². The van der Waals surface area contributed by atoms with Crippen LogP contribution in [0.4, 0.5) is 4.39 Å². The van der Waals surface area contributed by atoms with Crippen LogP contribution in [0, 0.1) is 5.82 Å². The van der Waals surface area contributed by atoms with Crippen molar-refractivity contribution in [3.63, 3.8) is 0 Å². The molecule has 3 aromatic heterocycles. The van der Waals surface area contributed by atoms with Gasteiger partial charge in [0.05, 0.1) is 5.52 Å². The Morgan fingerprint density at radius 2 is 2.19 bits per heavy atom. The number of aryl methyl sites for hydroxylation is 1. The number of pyridine rings is 2. The molecule has 1 atom stereocenters. The molecule has 0 fully saturated rings. The largest absolute Gasteiger partial charge is 0.506 e. The number of hydrogen-bond acceptors (Lipinski definition) is 5. The number of nitrogens with zero attached hydrogens (tertiary/aromatic N) is 4. The lowest BCUT2D eigenvalue weighted by atomic mass is 9.95. The number of carbonyl (C=O) groups excluding carboxylic acids is 1. The smallest absolute Gasteiger partial charge is 0.267 e. The number of nitrogens with one attached hydrogen (secondary N) is 1. The first kappa shape index (κ1) is 19.9. The first-order chi connectivity index (χ1) is 15.4. The van der Waals surface area contributed by atoms with Gasteiger partial charge in [-0.1, -0.05) is 6.07 Å². The number of halogens is 1. The van der Waals surface area contributed by atoms with E-state index in [9.17, 15) is 19.1 Å². The van der Waals surface area contributed by atoms with Gasteiger partial charge >= 0.3 is 0 Å². The summed E-state index contributed by atoms with van der Waals surface area (Å²) < 4.78 is 17.4. The molecule has 0 aliphatic carbocycles. The Morgan fingerprint density at radius 1 is 1.34 bits per heavy atom. The molecule has 0 saturated heterocycles. The van der Waals surface area contributed by atoms with E-state index in [0.29, 0.717) is 35.3 Å². The number of carbonyl (C=O) groups is 1. The molecule has 4 heterocycles. The third kappa shape index (κ3) is 3.22. The Labute approximate surface area is 182 Å². The number of benzene rings is 1. The average Bonchev–Trinajstić information content (AvgIpc) is 3.32. The van der Waals surface area contributed by atoms with Crippen LogP contribution < -0.4 is 10.9 Å². The molecule has 2 N–H and O–H groups in total. The van der Waals surface area contributed by atoms with Gasteiger partial charge in [0.25, 0.3) is 11.5 Å². The fraction of sp³-hybridized carbons (Fsp3) is 0.217. The zero-order valence-electron chi connectivity index (χ0n) is 17.2. The van der Waals surface area contributed by atoms with Crippen LogP contribution in [-0.4, -0.2) is 30.1 Å². The van der Waals surface area contributed by atoms with Gasteiger partial charge in [-0.25, -0.2) is 14.4 Å². The summed E-state index contributed by atoms with van der Waals surface area (Å²) in [6.07, 6.45) is 7.89. The molecule has 8 nitrogen and oxygen atoms in total. The van der Waals surface area contributed by atoms with E-state index in [1.165, 1.54) is 10.6 Å². The molecule has 1 unspecified atom stereocenters. The van der Waals surface area contributed by atoms with E-state index in [1.54, 1.807) is 41.6 Å². The van der Waals surface area contributed by atoms with Crippen molar-refractivity contribution in [1.29, 1.82) is 0 Å². The number of imidazole rings is 1. The minimum atomic E-state index is -0.722. The number of rotatable bonds is 4. The minimum absolute atomic E-state index is 0.108. The molecule has 162 valence electrons. The zero-order valence-corrected chi connectivity index (χ0v) is 17.2. The Hall–Kier alpha value is -4.01. The standard InChI is InChI=1S/C23H20FN5O3/c1-13-2-4-15-8-16(24)9-17-20(15)29(13)23(32)19(21(17)30)22(31)27-11-14-3-5-18(26-10-14)28-7-6-25-12-28/h3,5-10,12-13,30H,2,4,11H2,1H3,(H,27,31). The molecule has 1 aliphatic heterocycles. The lowest BCUT2D eigenvalue weighted by Gasteiger charge is -2.26. The molecule has 4 aromatic rings. The van der Waals surface area contributed by atoms with Crippen molar-refractivity contribution < 1.29 is 14.3 Å². The van der Waals surface area contributed by atoms with Crippen LogP contribution in [0.1, 0.15) is 40.9 Å². The molecule has 0 saturated carbocycles. The van der Waals surface area contributed by atoms with Crippen LogP contribution in [-0.2, 0) is 13.0 Å². The third-order valence-electron chi connectivity index (χ3n) is 5.85. The van der Waals surface area contributed by atoms with E-state index in [2.05, 4.69) is 15.3 Å². The van der Waals surface area contributed by atoms with Crippen molar-refractivity contribution in [3.8, 4) is 11.6 Å². The first-order valence-electron chi connectivity index (χ1n) is 10.2. The normalized spacial score (nSPS) is 15.1. The Morgan fingerprint density at radius 3 is 2.91 bits per heavy atom. The number of amides is 1. The zero-order chi connectivity index (χ0) is 22.4. The van der Waals surface area contributed by atoms with Crippen LogP contribution in [0.5, 0.6) is 5.75 Å². The van der Waals surface area contributed by atoms with Crippen LogP contribution in [0.15, 0.2) is 54.0 Å². The summed E-state index contributed by atoms with van der Waals surface area (Å²) >= 11 is 0.